The zero-order valence-electron chi connectivity index (χ0n) is 32.5. The minimum atomic E-state index is -0.337. The van der Waals surface area contributed by atoms with E-state index in [1.54, 1.807) is 0 Å². The second-order valence-corrected chi connectivity index (χ2v) is 15.7. The van der Waals surface area contributed by atoms with Gasteiger partial charge in [-0.25, -0.2) is 0 Å². The molecule has 5 rings (SSSR count). The SMILES string of the molecule is CC(C)Cc1cc2ncc(-c3ccnc(-c4[c-]c5ccccc5c(C(C)(C)C)c4)c3)cc2o1.CCC(C)(CC)C(=O)/C=C(\O)C(C)(CC)CC.[Ir]. The van der Waals surface area contributed by atoms with Gasteiger partial charge in [0.25, 0.3) is 0 Å². The molecule has 3 aromatic heterocycles. The Kier molecular flexibility index (Phi) is 14.2. The maximum Gasteiger partial charge on any atom is 0.164 e. The van der Waals surface area contributed by atoms with Crippen LogP contribution in [-0.2, 0) is 36.7 Å². The third kappa shape index (κ3) is 9.84. The fourth-order valence-corrected chi connectivity index (χ4v) is 6.06. The van der Waals surface area contributed by atoms with Crippen LogP contribution < -0.4 is 0 Å². The summed E-state index contributed by atoms with van der Waals surface area (Å²) in [5.74, 6) is 1.82. The van der Waals surface area contributed by atoms with Crippen LogP contribution in [0.15, 0.2) is 83.2 Å². The summed E-state index contributed by atoms with van der Waals surface area (Å²) in [6.07, 6.45) is 9.45. The summed E-state index contributed by atoms with van der Waals surface area (Å²) in [5, 5.41) is 12.5. The first-order valence-corrected chi connectivity index (χ1v) is 18.3. The second kappa shape index (κ2) is 17.3. The molecule has 0 saturated carbocycles. The molecule has 0 fully saturated rings. The van der Waals surface area contributed by atoms with Gasteiger partial charge in [-0.05, 0) is 54.7 Å². The molecule has 0 bridgehead atoms. The molecule has 0 saturated heterocycles. The second-order valence-electron chi connectivity index (χ2n) is 15.7. The molecule has 1 N–H and O–H groups in total. The molecule has 2 aromatic carbocycles. The molecule has 0 aliphatic heterocycles. The van der Waals surface area contributed by atoms with E-state index in [0.29, 0.717) is 5.92 Å². The van der Waals surface area contributed by atoms with Crippen LogP contribution in [-0.4, -0.2) is 20.9 Å². The Morgan fingerprint density at radius 1 is 0.863 bits per heavy atom. The van der Waals surface area contributed by atoms with Gasteiger partial charge in [0.1, 0.15) is 17.0 Å². The molecule has 275 valence electrons. The van der Waals surface area contributed by atoms with Crippen LogP contribution >= 0.6 is 0 Å². The number of allylic oxidation sites excluding steroid dienone is 2. The van der Waals surface area contributed by atoms with Crippen molar-refractivity contribution < 1.29 is 34.4 Å². The molecule has 0 aliphatic rings. The molecule has 51 heavy (non-hydrogen) atoms. The van der Waals surface area contributed by atoms with Crippen LogP contribution in [0.5, 0.6) is 0 Å². The van der Waals surface area contributed by atoms with Gasteiger partial charge in [0.2, 0.25) is 0 Å². The molecule has 1 radical (unpaired) electrons. The number of pyridine rings is 2. The molecule has 5 aromatic rings. The van der Waals surface area contributed by atoms with Gasteiger partial charge in [-0.15, -0.1) is 29.1 Å². The Balaban J connectivity index is 0.000000335. The van der Waals surface area contributed by atoms with Crippen molar-refractivity contribution in [2.75, 3.05) is 0 Å². The summed E-state index contributed by atoms with van der Waals surface area (Å²) in [6, 6.07) is 22.6. The predicted molar refractivity (Wildman–Crippen MR) is 209 cm³/mol. The van der Waals surface area contributed by atoms with Gasteiger partial charge in [-0.1, -0.05) is 111 Å². The fraction of sp³-hybridized carbons (Fsp3) is 0.444. The summed E-state index contributed by atoms with van der Waals surface area (Å²) in [5.41, 5.74) is 6.45. The predicted octanol–water partition coefficient (Wildman–Crippen LogP) is 12.7. The fourth-order valence-electron chi connectivity index (χ4n) is 6.06. The molecule has 3 heterocycles. The number of hydrogen-bond acceptors (Lipinski definition) is 5. The average molecular weight is 866 g/mol. The Bertz CT molecular complexity index is 1960. The molecular formula is C45H57IrN2O3-. The first-order valence-electron chi connectivity index (χ1n) is 18.3. The van der Waals surface area contributed by atoms with Crippen molar-refractivity contribution in [3.8, 4) is 22.4 Å². The number of rotatable bonds is 11. The first kappa shape index (κ1) is 41.8. The Morgan fingerprint density at radius 3 is 2.12 bits per heavy atom. The molecule has 0 atom stereocenters. The van der Waals surface area contributed by atoms with E-state index in [1.165, 1.54) is 17.0 Å². The van der Waals surface area contributed by atoms with Crippen molar-refractivity contribution in [3.05, 3.63) is 96.2 Å². The monoisotopic (exact) mass is 866 g/mol. The van der Waals surface area contributed by atoms with Crippen LogP contribution in [0.3, 0.4) is 0 Å². The van der Waals surface area contributed by atoms with E-state index >= 15 is 0 Å². The van der Waals surface area contributed by atoms with Crippen molar-refractivity contribution in [3.63, 3.8) is 0 Å². The minimum Gasteiger partial charge on any atom is -0.512 e. The third-order valence-corrected chi connectivity index (χ3v) is 10.6. The summed E-state index contributed by atoms with van der Waals surface area (Å²) >= 11 is 0. The van der Waals surface area contributed by atoms with E-state index in [9.17, 15) is 9.90 Å². The first-order chi connectivity index (χ1) is 23.6. The number of hydrogen-bond donors (Lipinski definition) is 1. The van der Waals surface area contributed by atoms with Crippen molar-refractivity contribution >= 4 is 27.7 Å². The smallest absolute Gasteiger partial charge is 0.164 e. The number of benzene rings is 2. The number of aliphatic hydroxyl groups excluding tert-OH is 1. The quantitative estimate of drug-likeness (QED) is 0.0813. The van der Waals surface area contributed by atoms with Crippen LogP contribution in [0.25, 0.3) is 44.3 Å². The van der Waals surface area contributed by atoms with Crippen LogP contribution in [0.4, 0.5) is 0 Å². The number of carbonyl (C=O) groups excluding carboxylic acids is 1. The normalized spacial score (nSPS) is 12.5. The minimum absolute atomic E-state index is 0. The van der Waals surface area contributed by atoms with Crippen LogP contribution in [0.2, 0.25) is 0 Å². The summed E-state index contributed by atoms with van der Waals surface area (Å²) in [4.78, 5) is 21.5. The third-order valence-electron chi connectivity index (χ3n) is 10.6. The van der Waals surface area contributed by atoms with E-state index in [4.69, 9.17) is 4.42 Å². The van der Waals surface area contributed by atoms with E-state index in [-0.39, 0.29) is 47.9 Å². The van der Waals surface area contributed by atoms with Gasteiger partial charge in [-0.2, -0.15) is 0 Å². The number of nitrogens with zero attached hydrogens (tertiary/aromatic N) is 2. The zero-order valence-corrected chi connectivity index (χ0v) is 34.9. The summed E-state index contributed by atoms with van der Waals surface area (Å²) in [6.45, 7) is 23.2. The van der Waals surface area contributed by atoms with Gasteiger partial charge < -0.3 is 9.52 Å². The van der Waals surface area contributed by atoms with Crippen molar-refractivity contribution in [1.29, 1.82) is 0 Å². The molecule has 6 heteroatoms. The number of fused-ring (bicyclic) bond motifs is 2. The van der Waals surface area contributed by atoms with Gasteiger partial charge >= 0.3 is 0 Å². The molecule has 0 amide bonds. The Labute approximate surface area is 319 Å². The van der Waals surface area contributed by atoms with Crippen molar-refractivity contribution in [1.82, 2.24) is 9.97 Å². The van der Waals surface area contributed by atoms with E-state index in [2.05, 4.69) is 99.2 Å². The molecular weight excluding hydrogens is 809 g/mol. The Morgan fingerprint density at radius 2 is 1.51 bits per heavy atom. The van der Waals surface area contributed by atoms with E-state index in [1.807, 2.05) is 60.0 Å². The van der Waals surface area contributed by atoms with Gasteiger partial charge in [0.15, 0.2) is 11.4 Å². The standard InChI is InChI=1S/C30H29N2O.C15H28O2.Ir/c1-19(2)12-24-17-28-29(33-24)16-23(18-32-28)20-10-11-31-27(15-20)22-13-21-8-6-7-9-25(21)26(14-22)30(3,4)5;1-7-14(5,8-2)12(16)11-13(17)15(6,9-3)10-4;/h6-11,14-19H,12H2,1-5H3;11,16H,7-10H2,1-6H3;/q-1;;/b;12-11-;. The summed E-state index contributed by atoms with van der Waals surface area (Å²) in [7, 11) is 0. The van der Waals surface area contributed by atoms with Crippen LogP contribution in [0.1, 0.15) is 113 Å². The molecule has 0 spiro atoms. The largest absolute Gasteiger partial charge is 0.512 e. The summed E-state index contributed by atoms with van der Waals surface area (Å²) < 4.78 is 6.07. The number of aromatic nitrogens is 2. The number of furan rings is 1. The topological polar surface area (TPSA) is 76.2 Å². The Hall–Kier alpha value is -3.60. The average Bonchev–Trinajstić information content (AvgIpc) is 3.51. The van der Waals surface area contributed by atoms with Crippen molar-refractivity contribution in [2.45, 2.75) is 114 Å². The van der Waals surface area contributed by atoms with E-state index in [0.717, 1.165) is 76.7 Å². The van der Waals surface area contributed by atoms with Gasteiger partial charge in [0.05, 0.1) is 0 Å². The number of carbonyl (C=O) groups is 1. The number of ketones is 1. The maximum absolute atomic E-state index is 12.2. The van der Waals surface area contributed by atoms with E-state index < -0.39 is 0 Å². The molecule has 5 nitrogen and oxygen atoms in total. The zero-order chi connectivity index (χ0) is 36.9. The van der Waals surface area contributed by atoms with Crippen molar-refractivity contribution in [2.24, 2.45) is 16.7 Å². The van der Waals surface area contributed by atoms with Gasteiger partial charge in [-0.3, -0.25) is 14.8 Å². The van der Waals surface area contributed by atoms with Crippen LogP contribution in [0, 0.1) is 22.8 Å². The number of aliphatic hydroxyl groups is 1. The molecule has 0 unspecified atom stereocenters. The van der Waals surface area contributed by atoms with Gasteiger partial charge in [0, 0.05) is 73.1 Å². The maximum atomic E-state index is 12.2. The molecule has 0 aliphatic carbocycles.